The molecule has 0 fully saturated rings. The average molecular weight is 399 g/mol. The van der Waals surface area contributed by atoms with Gasteiger partial charge in [0, 0.05) is 17.7 Å². The van der Waals surface area contributed by atoms with Gasteiger partial charge in [-0.1, -0.05) is 18.2 Å². The number of benzene rings is 1. The molecular weight excluding hydrogens is 374 g/mol. The fourth-order valence-electron chi connectivity index (χ4n) is 2.93. The summed E-state index contributed by atoms with van der Waals surface area (Å²) in [4.78, 5) is 38.0. The number of nitrogens with zero attached hydrogens (tertiary/aromatic N) is 2. The van der Waals surface area contributed by atoms with Gasteiger partial charge in [0.1, 0.15) is 5.60 Å². The van der Waals surface area contributed by atoms with Crippen LogP contribution in [0.3, 0.4) is 0 Å². The molecule has 29 heavy (non-hydrogen) atoms. The number of H-pyrrole nitrogens is 1. The summed E-state index contributed by atoms with van der Waals surface area (Å²) in [6.45, 7) is 6.09. The van der Waals surface area contributed by atoms with Crippen molar-refractivity contribution in [1.82, 2.24) is 20.4 Å². The van der Waals surface area contributed by atoms with Gasteiger partial charge in [-0.2, -0.15) is 5.10 Å². The van der Waals surface area contributed by atoms with Gasteiger partial charge in [0.15, 0.2) is 5.82 Å². The zero-order valence-electron chi connectivity index (χ0n) is 16.7. The van der Waals surface area contributed by atoms with E-state index in [-0.39, 0.29) is 24.5 Å². The molecule has 2 aromatic rings. The second kappa shape index (κ2) is 8.34. The van der Waals surface area contributed by atoms with Crippen LogP contribution in [0.25, 0.3) is 0 Å². The number of fused-ring (bicyclic) bond motifs is 1. The first kappa shape index (κ1) is 20.4. The third kappa shape index (κ3) is 5.34. The third-order valence-electron chi connectivity index (χ3n) is 4.29. The molecule has 0 atom stereocenters. The second-order valence-electron chi connectivity index (χ2n) is 7.78. The molecule has 3 rings (SSSR count). The largest absolute Gasteiger partial charge is 0.444 e. The normalized spacial score (nSPS) is 13.4. The average Bonchev–Trinajstić information content (AvgIpc) is 3.07. The highest BCUT2D eigenvalue weighted by molar-refractivity contribution is 5.99. The minimum atomic E-state index is -0.561. The summed E-state index contributed by atoms with van der Waals surface area (Å²) in [5.74, 6) is -0.279. The molecule has 0 unspecified atom stereocenters. The lowest BCUT2D eigenvalue weighted by molar-refractivity contribution is -0.115. The SMILES string of the molecule is CC(C)(C)OC(=O)N1CCc2c(NC(=O)CNC(=O)c3ccccc3)n[nH]c2C1. The Morgan fingerprint density at radius 2 is 1.93 bits per heavy atom. The highest BCUT2D eigenvalue weighted by Crippen LogP contribution is 2.24. The number of ether oxygens (including phenoxy) is 1. The van der Waals surface area contributed by atoms with Gasteiger partial charge in [0.25, 0.3) is 5.91 Å². The minimum Gasteiger partial charge on any atom is -0.444 e. The molecule has 3 amide bonds. The summed E-state index contributed by atoms with van der Waals surface area (Å²) in [6, 6.07) is 8.67. The Balaban J connectivity index is 1.54. The molecule has 3 N–H and O–H groups in total. The fourth-order valence-corrected chi connectivity index (χ4v) is 2.93. The van der Waals surface area contributed by atoms with Crippen molar-refractivity contribution in [2.45, 2.75) is 39.3 Å². The van der Waals surface area contributed by atoms with E-state index in [1.165, 1.54) is 0 Å². The summed E-state index contributed by atoms with van der Waals surface area (Å²) < 4.78 is 5.40. The van der Waals surface area contributed by atoms with Crippen molar-refractivity contribution in [3.8, 4) is 0 Å². The monoisotopic (exact) mass is 399 g/mol. The lowest BCUT2D eigenvalue weighted by atomic mass is 10.1. The van der Waals surface area contributed by atoms with Gasteiger partial charge in [0.2, 0.25) is 5.91 Å². The van der Waals surface area contributed by atoms with Crippen LogP contribution >= 0.6 is 0 Å². The van der Waals surface area contributed by atoms with Crippen molar-refractivity contribution in [1.29, 1.82) is 0 Å². The molecule has 9 heteroatoms. The predicted molar refractivity (Wildman–Crippen MR) is 106 cm³/mol. The van der Waals surface area contributed by atoms with E-state index < -0.39 is 5.60 Å². The first-order valence-corrected chi connectivity index (χ1v) is 9.40. The molecule has 0 radical (unpaired) electrons. The van der Waals surface area contributed by atoms with Crippen LogP contribution in [0.4, 0.5) is 10.6 Å². The minimum absolute atomic E-state index is 0.167. The molecule has 1 aliphatic rings. The summed E-state index contributed by atoms with van der Waals surface area (Å²) in [7, 11) is 0. The van der Waals surface area contributed by atoms with E-state index in [0.29, 0.717) is 30.9 Å². The molecule has 0 aliphatic carbocycles. The molecule has 0 saturated carbocycles. The maximum Gasteiger partial charge on any atom is 0.410 e. The van der Waals surface area contributed by atoms with Crippen LogP contribution in [-0.2, 0) is 22.5 Å². The third-order valence-corrected chi connectivity index (χ3v) is 4.29. The number of aromatic nitrogens is 2. The summed E-state index contributed by atoms with van der Waals surface area (Å²) >= 11 is 0. The van der Waals surface area contributed by atoms with Gasteiger partial charge >= 0.3 is 6.09 Å². The van der Waals surface area contributed by atoms with Crippen molar-refractivity contribution in [3.63, 3.8) is 0 Å². The highest BCUT2D eigenvalue weighted by atomic mass is 16.6. The van der Waals surface area contributed by atoms with Gasteiger partial charge in [-0.25, -0.2) is 4.79 Å². The number of carbonyl (C=O) groups excluding carboxylic acids is 3. The van der Waals surface area contributed by atoms with Crippen molar-refractivity contribution in [2.75, 3.05) is 18.4 Å². The Labute approximate surface area is 168 Å². The molecule has 154 valence electrons. The van der Waals surface area contributed by atoms with Crippen LogP contribution in [0.5, 0.6) is 0 Å². The molecule has 1 aliphatic heterocycles. The van der Waals surface area contributed by atoms with E-state index >= 15 is 0 Å². The molecule has 1 aromatic carbocycles. The smallest absolute Gasteiger partial charge is 0.410 e. The lowest BCUT2D eigenvalue weighted by Crippen LogP contribution is -2.40. The van der Waals surface area contributed by atoms with Gasteiger partial charge in [-0.05, 0) is 39.3 Å². The first-order chi connectivity index (χ1) is 13.7. The maximum absolute atomic E-state index is 12.2. The van der Waals surface area contributed by atoms with Crippen molar-refractivity contribution < 1.29 is 19.1 Å². The number of hydrogen-bond donors (Lipinski definition) is 3. The predicted octanol–water partition coefficient (Wildman–Crippen LogP) is 2.07. The first-order valence-electron chi connectivity index (χ1n) is 9.40. The Kier molecular flexibility index (Phi) is 5.86. The summed E-state index contributed by atoms with van der Waals surface area (Å²) in [5, 5.41) is 12.3. The van der Waals surface area contributed by atoms with Crippen LogP contribution in [-0.4, -0.2) is 51.7 Å². The Morgan fingerprint density at radius 1 is 1.21 bits per heavy atom. The molecule has 0 saturated heterocycles. The zero-order chi connectivity index (χ0) is 21.0. The quantitative estimate of drug-likeness (QED) is 0.728. The van der Waals surface area contributed by atoms with Gasteiger partial charge < -0.3 is 20.3 Å². The van der Waals surface area contributed by atoms with Gasteiger partial charge in [0.05, 0.1) is 18.8 Å². The van der Waals surface area contributed by atoms with E-state index in [4.69, 9.17) is 4.74 Å². The molecule has 0 bridgehead atoms. The highest BCUT2D eigenvalue weighted by Gasteiger charge is 2.28. The fraction of sp³-hybridized carbons (Fsp3) is 0.400. The van der Waals surface area contributed by atoms with Crippen LogP contribution in [0.2, 0.25) is 0 Å². The molecule has 2 heterocycles. The molecule has 9 nitrogen and oxygen atoms in total. The molecular formula is C20H25N5O4. The van der Waals surface area contributed by atoms with Crippen molar-refractivity contribution >= 4 is 23.7 Å². The second-order valence-corrected chi connectivity index (χ2v) is 7.78. The number of nitrogens with one attached hydrogen (secondary N) is 3. The number of rotatable bonds is 4. The molecule has 1 aromatic heterocycles. The number of anilines is 1. The van der Waals surface area contributed by atoms with E-state index in [0.717, 1.165) is 11.3 Å². The standard InChI is InChI=1S/C20H25N5O4/c1-20(2,3)29-19(28)25-10-9-14-15(12-25)23-24-17(14)22-16(26)11-21-18(27)13-7-5-4-6-8-13/h4-8H,9-12H2,1-3H3,(H,21,27)(H2,22,23,24,26). The van der Waals surface area contributed by atoms with E-state index in [9.17, 15) is 14.4 Å². The number of hydrogen-bond acceptors (Lipinski definition) is 5. The topological polar surface area (TPSA) is 116 Å². The van der Waals surface area contributed by atoms with Crippen LogP contribution < -0.4 is 10.6 Å². The van der Waals surface area contributed by atoms with Crippen LogP contribution in [0.1, 0.15) is 42.4 Å². The van der Waals surface area contributed by atoms with Gasteiger partial charge in [-0.15, -0.1) is 0 Å². The van der Waals surface area contributed by atoms with Crippen LogP contribution in [0.15, 0.2) is 30.3 Å². The summed E-state index contributed by atoms with van der Waals surface area (Å²) in [6.07, 6.45) is 0.156. The maximum atomic E-state index is 12.2. The Morgan fingerprint density at radius 3 is 2.62 bits per heavy atom. The lowest BCUT2D eigenvalue weighted by Gasteiger charge is -2.29. The Bertz CT molecular complexity index is 901. The van der Waals surface area contributed by atoms with E-state index in [1.54, 1.807) is 29.2 Å². The van der Waals surface area contributed by atoms with Crippen molar-refractivity contribution in [3.05, 3.63) is 47.2 Å². The number of aromatic amines is 1. The molecule has 0 spiro atoms. The van der Waals surface area contributed by atoms with Gasteiger partial charge in [-0.3, -0.25) is 14.7 Å². The van der Waals surface area contributed by atoms with E-state index in [1.807, 2.05) is 26.8 Å². The summed E-state index contributed by atoms with van der Waals surface area (Å²) in [5.41, 5.74) is 1.53. The zero-order valence-corrected chi connectivity index (χ0v) is 16.7. The number of carbonyl (C=O) groups is 3. The Hall–Kier alpha value is -3.36. The van der Waals surface area contributed by atoms with Crippen LogP contribution in [0, 0.1) is 0 Å². The van der Waals surface area contributed by atoms with Crippen molar-refractivity contribution in [2.24, 2.45) is 0 Å². The number of amides is 3. The van der Waals surface area contributed by atoms with E-state index in [2.05, 4.69) is 20.8 Å².